The summed E-state index contributed by atoms with van der Waals surface area (Å²) in [5, 5.41) is 11.4. The van der Waals surface area contributed by atoms with E-state index >= 15 is 0 Å². The summed E-state index contributed by atoms with van der Waals surface area (Å²) in [6, 6.07) is 6.81. The number of aromatic amines is 1. The third-order valence-electron chi connectivity index (χ3n) is 5.10. The van der Waals surface area contributed by atoms with E-state index in [4.69, 9.17) is 4.74 Å². The lowest BCUT2D eigenvalue weighted by atomic mass is 10.0. The largest absolute Gasteiger partial charge is 0.494 e. The van der Waals surface area contributed by atoms with Gasteiger partial charge in [0, 0.05) is 17.8 Å². The SMILES string of the molecule is CCOc1ccc(NC(=O)N(CCO)Cc2cc3cc(C(F)(F)F)cc(C(F)(F)F)c3[nH]c2=O)cc1. The minimum absolute atomic E-state index is 0.0692. The summed E-state index contributed by atoms with van der Waals surface area (Å²) in [6.07, 6.45) is -10.2. The Balaban J connectivity index is 1.96. The monoisotopic (exact) mass is 517 g/mol. The van der Waals surface area contributed by atoms with Crippen molar-refractivity contribution in [3.8, 4) is 5.75 Å². The molecule has 3 N–H and O–H groups in total. The average Bonchev–Trinajstić information content (AvgIpc) is 2.78. The Morgan fingerprint density at radius 2 is 1.72 bits per heavy atom. The smallest absolute Gasteiger partial charge is 0.418 e. The third-order valence-corrected chi connectivity index (χ3v) is 5.10. The van der Waals surface area contributed by atoms with E-state index in [-0.39, 0.29) is 18.2 Å². The molecule has 0 saturated carbocycles. The highest BCUT2D eigenvalue weighted by Crippen LogP contribution is 2.39. The Hall–Kier alpha value is -3.74. The maximum atomic E-state index is 13.4. The summed E-state index contributed by atoms with van der Waals surface area (Å²) in [4.78, 5) is 28.2. The predicted molar refractivity (Wildman–Crippen MR) is 119 cm³/mol. The molecule has 0 saturated heterocycles. The van der Waals surface area contributed by atoms with Gasteiger partial charge in [-0.25, -0.2) is 4.79 Å². The lowest BCUT2D eigenvalue weighted by molar-refractivity contribution is -0.142. The van der Waals surface area contributed by atoms with Crippen LogP contribution in [0.25, 0.3) is 10.9 Å². The standard InChI is InChI=1S/C23H21F6N3O4/c1-2-36-17-5-3-16(4-6-17)30-21(35)32(7-8-33)12-14-9-13-10-15(22(24,25)26)11-18(23(27,28)29)19(13)31-20(14)34/h3-6,9-11,33H,2,7-8,12H2,1H3,(H,30,35)(H,31,34). The minimum Gasteiger partial charge on any atom is -0.494 e. The van der Waals surface area contributed by atoms with Gasteiger partial charge in [-0.3, -0.25) is 4.79 Å². The number of aliphatic hydroxyl groups is 1. The number of alkyl halides is 6. The van der Waals surface area contributed by atoms with Gasteiger partial charge in [-0.05, 0) is 54.8 Å². The van der Waals surface area contributed by atoms with E-state index in [0.717, 1.165) is 11.0 Å². The van der Waals surface area contributed by atoms with Crippen molar-refractivity contribution in [2.24, 2.45) is 0 Å². The van der Waals surface area contributed by atoms with Gasteiger partial charge in [0.2, 0.25) is 0 Å². The predicted octanol–water partition coefficient (Wildman–Crippen LogP) is 4.99. The number of carbonyl (C=O) groups excluding carboxylic acids is 1. The number of anilines is 1. The number of halogens is 6. The molecule has 13 heteroatoms. The normalized spacial score (nSPS) is 12.0. The van der Waals surface area contributed by atoms with Crippen LogP contribution in [-0.4, -0.2) is 40.8 Å². The van der Waals surface area contributed by atoms with Crippen LogP contribution >= 0.6 is 0 Å². The van der Waals surface area contributed by atoms with Crippen LogP contribution in [0, 0.1) is 0 Å². The van der Waals surface area contributed by atoms with Crippen LogP contribution in [0.15, 0.2) is 47.3 Å². The van der Waals surface area contributed by atoms with E-state index in [1.165, 1.54) is 0 Å². The van der Waals surface area contributed by atoms with E-state index in [1.807, 2.05) is 4.98 Å². The molecule has 0 bridgehead atoms. The summed E-state index contributed by atoms with van der Waals surface area (Å²) < 4.78 is 85.2. The number of carbonyl (C=O) groups is 1. The Morgan fingerprint density at radius 1 is 1.06 bits per heavy atom. The van der Waals surface area contributed by atoms with Crippen LogP contribution in [0.4, 0.5) is 36.8 Å². The molecule has 3 rings (SSSR count). The maximum Gasteiger partial charge on any atom is 0.418 e. The maximum absolute atomic E-state index is 13.4. The van der Waals surface area contributed by atoms with Gasteiger partial charge in [0.25, 0.3) is 5.56 Å². The Morgan fingerprint density at radius 3 is 2.28 bits per heavy atom. The van der Waals surface area contributed by atoms with Gasteiger partial charge in [0.15, 0.2) is 0 Å². The van der Waals surface area contributed by atoms with Crippen LogP contribution in [0.1, 0.15) is 23.6 Å². The van der Waals surface area contributed by atoms with Crippen LogP contribution < -0.4 is 15.6 Å². The fourth-order valence-corrected chi connectivity index (χ4v) is 3.45. The van der Waals surface area contributed by atoms with Crippen molar-refractivity contribution in [2.75, 3.05) is 25.1 Å². The molecule has 7 nitrogen and oxygen atoms in total. The van der Waals surface area contributed by atoms with Crippen LogP contribution in [-0.2, 0) is 18.9 Å². The number of H-pyrrole nitrogens is 1. The molecule has 0 atom stereocenters. The Labute approximate surface area is 200 Å². The topological polar surface area (TPSA) is 94.7 Å². The zero-order valence-electron chi connectivity index (χ0n) is 18.8. The number of rotatable bonds is 7. The molecule has 0 spiro atoms. The lowest BCUT2D eigenvalue weighted by Crippen LogP contribution is -2.38. The van der Waals surface area contributed by atoms with Gasteiger partial charge in [0.05, 0.1) is 36.4 Å². The summed E-state index contributed by atoms with van der Waals surface area (Å²) >= 11 is 0. The van der Waals surface area contributed by atoms with Crippen molar-refractivity contribution in [3.05, 3.63) is 69.5 Å². The van der Waals surface area contributed by atoms with Crippen molar-refractivity contribution < 1.29 is 41.0 Å². The summed E-state index contributed by atoms with van der Waals surface area (Å²) in [6.45, 7) is 0.956. The zero-order chi connectivity index (χ0) is 26.7. The molecule has 0 unspecified atom stereocenters. The number of aliphatic hydroxyl groups excluding tert-OH is 1. The molecule has 0 fully saturated rings. The summed E-state index contributed by atoms with van der Waals surface area (Å²) in [5.41, 5.74) is -4.94. The molecule has 1 heterocycles. The van der Waals surface area contributed by atoms with Crippen LogP contribution in [0.2, 0.25) is 0 Å². The molecule has 0 radical (unpaired) electrons. The number of hydrogen-bond donors (Lipinski definition) is 3. The van der Waals surface area contributed by atoms with Gasteiger partial charge in [-0.15, -0.1) is 0 Å². The van der Waals surface area contributed by atoms with E-state index in [9.17, 15) is 41.0 Å². The molecular formula is C23H21F6N3O4. The number of amides is 2. The first-order chi connectivity index (χ1) is 16.8. The number of hydrogen-bond acceptors (Lipinski definition) is 4. The van der Waals surface area contributed by atoms with Gasteiger partial charge in [0.1, 0.15) is 5.75 Å². The Bertz CT molecular complexity index is 1290. The highest BCUT2D eigenvalue weighted by Gasteiger charge is 2.38. The molecule has 3 aromatic rings. The third kappa shape index (κ3) is 6.27. The lowest BCUT2D eigenvalue weighted by Gasteiger charge is -2.22. The second-order valence-electron chi connectivity index (χ2n) is 7.64. The number of fused-ring (bicyclic) bond motifs is 1. The van der Waals surface area contributed by atoms with Crippen molar-refractivity contribution in [3.63, 3.8) is 0 Å². The number of urea groups is 1. The number of nitrogens with zero attached hydrogens (tertiary/aromatic N) is 1. The summed E-state index contributed by atoms with van der Waals surface area (Å²) in [5.74, 6) is 0.557. The fraction of sp³-hybridized carbons (Fsp3) is 0.304. The van der Waals surface area contributed by atoms with Crippen molar-refractivity contribution >= 4 is 22.6 Å². The molecule has 2 aromatic carbocycles. The minimum atomic E-state index is -5.16. The van der Waals surface area contributed by atoms with Gasteiger partial charge >= 0.3 is 18.4 Å². The Kier molecular flexibility index (Phi) is 7.82. The molecule has 2 amide bonds. The van der Waals surface area contributed by atoms with Crippen molar-refractivity contribution in [1.82, 2.24) is 9.88 Å². The number of aromatic nitrogens is 1. The molecule has 0 aliphatic heterocycles. The van der Waals surface area contributed by atoms with Gasteiger partial charge < -0.3 is 25.0 Å². The molecule has 1 aromatic heterocycles. The highest BCUT2D eigenvalue weighted by molar-refractivity contribution is 5.89. The van der Waals surface area contributed by atoms with E-state index < -0.39 is 59.1 Å². The number of ether oxygens (including phenoxy) is 1. The van der Waals surface area contributed by atoms with Gasteiger partial charge in [-0.1, -0.05) is 0 Å². The van der Waals surface area contributed by atoms with Crippen LogP contribution in [0.3, 0.4) is 0 Å². The zero-order valence-corrected chi connectivity index (χ0v) is 18.8. The van der Waals surface area contributed by atoms with E-state index in [0.29, 0.717) is 24.1 Å². The second kappa shape index (κ2) is 10.5. The molecule has 194 valence electrons. The van der Waals surface area contributed by atoms with E-state index in [1.54, 1.807) is 31.2 Å². The first kappa shape index (κ1) is 26.9. The number of benzene rings is 2. The van der Waals surface area contributed by atoms with E-state index in [2.05, 4.69) is 5.32 Å². The first-order valence-electron chi connectivity index (χ1n) is 10.6. The quantitative estimate of drug-likeness (QED) is 0.385. The van der Waals surface area contributed by atoms with Crippen LogP contribution in [0.5, 0.6) is 5.75 Å². The first-order valence-corrected chi connectivity index (χ1v) is 10.6. The number of nitrogens with one attached hydrogen (secondary N) is 2. The molecule has 0 aliphatic rings. The second-order valence-corrected chi connectivity index (χ2v) is 7.64. The fourth-order valence-electron chi connectivity index (χ4n) is 3.45. The molecule has 36 heavy (non-hydrogen) atoms. The number of pyridine rings is 1. The molecule has 0 aliphatic carbocycles. The van der Waals surface area contributed by atoms with Crippen molar-refractivity contribution in [2.45, 2.75) is 25.8 Å². The average molecular weight is 517 g/mol. The highest BCUT2D eigenvalue weighted by atomic mass is 19.4. The van der Waals surface area contributed by atoms with Crippen molar-refractivity contribution in [1.29, 1.82) is 0 Å². The molecular weight excluding hydrogens is 496 g/mol. The summed E-state index contributed by atoms with van der Waals surface area (Å²) in [7, 11) is 0. The van der Waals surface area contributed by atoms with Gasteiger partial charge in [-0.2, -0.15) is 26.3 Å².